The van der Waals surface area contributed by atoms with E-state index in [0.29, 0.717) is 23.5 Å². The number of rotatable bonds is 4. The van der Waals surface area contributed by atoms with E-state index >= 15 is 0 Å². The molecule has 4 heteroatoms. The zero-order valence-electron chi connectivity index (χ0n) is 11.4. The van der Waals surface area contributed by atoms with Crippen LogP contribution in [0, 0.1) is 0 Å². The van der Waals surface area contributed by atoms with Gasteiger partial charge < -0.3 is 9.15 Å². The Hall–Kier alpha value is -2.07. The van der Waals surface area contributed by atoms with Gasteiger partial charge in [0.1, 0.15) is 11.3 Å². The van der Waals surface area contributed by atoms with Crippen molar-refractivity contribution in [2.75, 3.05) is 6.61 Å². The third-order valence-corrected chi connectivity index (χ3v) is 3.66. The third-order valence-electron chi connectivity index (χ3n) is 3.13. The number of halogens is 1. The van der Waals surface area contributed by atoms with Gasteiger partial charge in [-0.2, -0.15) is 0 Å². The first-order chi connectivity index (χ1) is 10.2. The number of furan rings is 1. The van der Waals surface area contributed by atoms with Gasteiger partial charge in [-0.15, -0.1) is 0 Å². The Balaban J connectivity index is 1.96. The van der Waals surface area contributed by atoms with Crippen LogP contribution in [0.1, 0.15) is 23.0 Å². The fraction of sp³-hybridized carbons (Fsp3) is 0.118. The van der Waals surface area contributed by atoms with E-state index < -0.39 is 0 Å². The number of hydrogen-bond donors (Lipinski definition) is 0. The maximum atomic E-state index is 12.4. The molecule has 0 saturated heterocycles. The van der Waals surface area contributed by atoms with Crippen LogP contribution in [0.2, 0.25) is 0 Å². The van der Waals surface area contributed by atoms with E-state index in [-0.39, 0.29) is 5.78 Å². The van der Waals surface area contributed by atoms with Crippen molar-refractivity contribution < 1.29 is 13.9 Å². The van der Waals surface area contributed by atoms with Crippen LogP contribution in [0.25, 0.3) is 11.0 Å². The maximum Gasteiger partial charge on any atom is 0.228 e. The van der Waals surface area contributed by atoms with Crippen LogP contribution in [0.3, 0.4) is 0 Å². The molecular formula is C17H13BrO3. The van der Waals surface area contributed by atoms with Gasteiger partial charge in [0.15, 0.2) is 5.76 Å². The van der Waals surface area contributed by atoms with Crippen LogP contribution in [0.4, 0.5) is 0 Å². The molecular weight excluding hydrogens is 332 g/mol. The minimum atomic E-state index is -0.128. The fourth-order valence-electron chi connectivity index (χ4n) is 2.13. The summed E-state index contributed by atoms with van der Waals surface area (Å²) in [5, 5.41) is 0.862. The SMILES string of the molecule is CCOc1ccc2oc(C(=O)c3ccc(Br)cc3)cc2c1. The van der Waals surface area contributed by atoms with Gasteiger partial charge in [0.2, 0.25) is 5.78 Å². The Morgan fingerprint density at radius 2 is 1.90 bits per heavy atom. The lowest BCUT2D eigenvalue weighted by molar-refractivity contribution is 0.101. The predicted molar refractivity (Wildman–Crippen MR) is 85.0 cm³/mol. The predicted octanol–water partition coefficient (Wildman–Crippen LogP) is 4.83. The summed E-state index contributed by atoms with van der Waals surface area (Å²) >= 11 is 3.35. The lowest BCUT2D eigenvalue weighted by Gasteiger charge is -2.00. The number of carbonyl (C=O) groups is 1. The molecule has 0 fully saturated rings. The molecule has 1 aromatic heterocycles. The highest BCUT2D eigenvalue weighted by molar-refractivity contribution is 9.10. The largest absolute Gasteiger partial charge is 0.494 e. The van der Waals surface area contributed by atoms with Crippen molar-refractivity contribution in [2.24, 2.45) is 0 Å². The van der Waals surface area contributed by atoms with Gasteiger partial charge in [-0.1, -0.05) is 15.9 Å². The molecule has 2 aromatic carbocycles. The van der Waals surface area contributed by atoms with E-state index in [2.05, 4.69) is 15.9 Å². The highest BCUT2D eigenvalue weighted by Crippen LogP contribution is 2.26. The first-order valence-electron chi connectivity index (χ1n) is 6.64. The van der Waals surface area contributed by atoms with Crippen LogP contribution in [-0.4, -0.2) is 12.4 Å². The summed E-state index contributed by atoms with van der Waals surface area (Å²) in [6.45, 7) is 2.54. The second-order valence-corrected chi connectivity index (χ2v) is 5.49. The van der Waals surface area contributed by atoms with E-state index in [1.54, 1.807) is 18.2 Å². The molecule has 0 aliphatic carbocycles. The normalized spacial score (nSPS) is 10.8. The molecule has 1 heterocycles. The van der Waals surface area contributed by atoms with E-state index in [1.807, 2.05) is 37.3 Å². The molecule has 0 aliphatic heterocycles. The fourth-order valence-corrected chi connectivity index (χ4v) is 2.40. The average molecular weight is 345 g/mol. The van der Waals surface area contributed by atoms with Gasteiger partial charge in [0, 0.05) is 15.4 Å². The monoisotopic (exact) mass is 344 g/mol. The number of ether oxygens (including phenoxy) is 1. The molecule has 0 saturated carbocycles. The summed E-state index contributed by atoms with van der Waals surface area (Å²) in [5.74, 6) is 0.978. The molecule has 0 bridgehead atoms. The van der Waals surface area contributed by atoms with Crippen molar-refractivity contribution in [1.82, 2.24) is 0 Å². The summed E-state index contributed by atoms with van der Waals surface area (Å²) in [6, 6.07) is 14.5. The highest BCUT2D eigenvalue weighted by Gasteiger charge is 2.14. The Morgan fingerprint density at radius 3 is 2.62 bits per heavy atom. The topological polar surface area (TPSA) is 39.4 Å². The highest BCUT2D eigenvalue weighted by atomic mass is 79.9. The summed E-state index contributed by atoms with van der Waals surface area (Å²) < 4.78 is 12.0. The minimum Gasteiger partial charge on any atom is -0.494 e. The van der Waals surface area contributed by atoms with E-state index in [0.717, 1.165) is 15.6 Å². The van der Waals surface area contributed by atoms with Crippen molar-refractivity contribution in [3.8, 4) is 5.75 Å². The van der Waals surface area contributed by atoms with Crippen LogP contribution in [0.5, 0.6) is 5.75 Å². The van der Waals surface area contributed by atoms with Crippen LogP contribution in [-0.2, 0) is 0 Å². The Morgan fingerprint density at radius 1 is 1.14 bits per heavy atom. The molecule has 0 N–H and O–H groups in total. The second-order valence-electron chi connectivity index (χ2n) is 4.58. The molecule has 0 atom stereocenters. The zero-order valence-corrected chi connectivity index (χ0v) is 13.0. The summed E-state index contributed by atoms with van der Waals surface area (Å²) in [5.41, 5.74) is 1.28. The first-order valence-corrected chi connectivity index (χ1v) is 7.43. The lowest BCUT2D eigenvalue weighted by atomic mass is 10.1. The molecule has 0 radical (unpaired) electrons. The minimum absolute atomic E-state index is 0.128. The van der Waals surface area contributed by atoms with Crippen molar-refractivity contribution in [1.29, 1.82) is 0 Å². The summed E-state index contributed by atoms with van der Waals surface area (Å²) in [6.07, 6.45) is 0. The van der Waals surface area contributed by atoms with E-state index in [1.165, 1.54) is 0 Å². The standard InChI is InChI=1S/C17H13BrO3/c1-2-20-14-7-8-15-12(9-14)10-16(21-15)17(19)11-3-5-13(18)6-4-11/h3-10H,2H2,1H3. The van der Waals surface area contributed by atoms with Crippen molar-refractivity contribution in [3.63, 3.8) is 0 Å². The molecule has 3 rings (SSSR count). The summed E-state index contributed by atoms with van der Waals surface area (Å²) in [4.78, 5) is 12.4. The maximum absolute atomic E-state index is 12.4. The van der Waals surface area contributed by atoms with Crippen molar-refractivity contribution >= 4 is 32.7 Å². The quantitative estimate of drug-likeness (QED) is 0.636. The molecule has 0 spiro atoms. The molecule has 106 valence electrons. The molecule has 3 nitrogen and oxygen atoms in total. The van der Waals surface area contributed by atoms with E-state index in [4.69, 9.17) is 9.15 Å². The average Bonchev–Trinajstić information content (AvgIpc) is 2.91. The number of benzene rings is 2. The Kier molecular flexibility index (Phi) is 3.80. The third kappa shape index (κ3) is 2.85. The van der Waals surface area contributed by atoms with Crippen molar-refractivity contribution in [2.45, 2.75) is 6.92 Å². The van der Waals surface area contributed by atoms with Crippen LogP contribution in [0.15, 0.2) is 57.4 Å². The molecule has 0 unspecified atom stereocenters. The van der Waals surface area contributed by atoms with Gasteiger partial charge in [-0.05, 0) is 55.5 Å². The molecule has 21 heavy (non-hydrogen) atoms. The second kappa shape index (κ2) is 5.74. The zero-order chi connectivity index (χ0) is 14.8. The number of hydrogen-bond acceptors (Lipinski definition) is 3. The van der Waals surface area contributed by atoms with Gasteiger partial charge in [0.25, 0.3) is 0 Å². The smallest absolute Gasteiger partial charge is 0.228 e. The van der Waals surface area contributed by atoms with E-state index in [9.17, 15) is 4.79 Å². The first kappa shape index (κ1) is 13.9. The van der Waals surface area contributed by atoms with Gasteiger partial charge in [-0.25, -0.2) is 0 Å². The van der Waals surface area contributed by atoms with Crippen LogP contribution < -0.4 is 4.74 Å². The summed E-state index contributed by atoms with van der Waals surface area (Å²) in [7, 11) is 0. The Bertz CT molecular complexity index is 787. The lowest BCUT2D eigenvalue weighted by Crippen LogP contribution is -1.98. The van der Waals surface area contributed by atoms with Crippen molar-refractivity contribution in [3.05, 3.63) is 64.3 Å². The number of ketones is 1. The van der Waals surface area contributed by atoms with Gasteiger partial charge in [0.05, 0.1) is 6.61 Å². The van der Waals surface area contributed by atoms with Gasteiger partial charge >= 0.3 is 0 Å². The van der Waals surface area contributed by atoms with Gasteiger partial charge in [-0.3, -0.25) is 4.79 Å². The molecule has 0 aliphatic rings. The number of carbonyl (C=O) groups excluding carboxylic acids is 1. The molecule has 3 aromatic rings. The Labute approximate surface area is 130 Å². The molecule has 0 amide bonds. The number of fused-ring (bicyclic) bond motifs is 1. The van der Waals surface area contributed by atoms with Crippen LogP contribution >= 0.6 is 15.9 Å².